The van der Waals surface area contributed by atoms with Crippen molar-refractivity contribution in [3.05, 3.63) is 82.3 Å². The Morgan fingerprint density at radius 2 is 1.56 bits per heavy atom. The van der Waals surface area contributed by atoms with Crippen molar-refractivity contribution in [2.45, 2.75) is 62.5 Å². The Balaban J connectivity index is 2.08. The molecule has 0 aliphatic heterocycles. The third-order valence-corrected chi connectivity index (χ3v) is 9.66. The van der Waals surface area contributed by atoms with Gasteiger partial charge in [0.05, 0.1) is 17.2 Å². The van der Waals surface area contributed by atoms with Crippen molar-refractivity contribution in [2.24, 2.45) is 0 Å². The Labute approximate surface area is 268 Å². The van der Waals surface area contributed by atoms with Gasteiger partial charge in [-0.2, -0.15) is 0 Å². The molecule has 0 aliphatic rings. The van der Waals surface area contributed by atoms with Crippen molar-refractivity contribution >= 4 is 62.5 Å². The Morgan fingerprint density at radius 3 is 2.07 bits per heavy atom. The lowest BCUT2D eigenvalue weighted by Crippen LogP contribution is -2.54. The first-order chi connectivity index (χ1) is 20.2. The molecule has 0 radical (unpaired) electrons. The minimum absolute atomic E-state index is 0.0196. The van der Waals surface area contributed by atoms with Gasteiger partial charge in [-0.15, -0.1) is 11.8 Å². The van der Waals surface area contributed by atoms with Crippen molar-refractivity contribution in [1.29, 1.82) is 0 Å². The number of carbonyl (C=O) groups excluding carboxylic acids is 2. The summed E-state index contributed by atoms with van der Waals surface area (Å²) in [6.45, 7) is 8.66. The predicted molar refractivity (Wildman–Crippen MR) is 175 cm³/mol. The van der Waals surface area contributed by atoms with Gasteiger partial charge in [0.15, 0.2) is 0 Å². The monoisotopic (exact) mass is 665 g/mol. The highest BCUT2D eigenvalue weighted by atomic mass is 35.5. The van der Waals surface area contributed by atoms with Crippen LogP contribution < -0.4 is 14.4 Å². The number of sulfonamides is 1. The lowest BCUT2D eigenvalue weighted by atomic mass is 10.1. The Bertz CT molecular complexity index is 1510. The molecule has 0 unspecified atom stereocenters. The maximum atomic E-state index is 14.1. The molecule has 43 heavy (non-hydrogen) atoms. The first-order valence-electron chi connectivity index (χ1n) is 13.6. The number of carbonyl (C=O) groups is 2. The molecule has 3 rings (SSSR count). The van der Waals surface area contributed by atoms with Gasteiger partial charge in [-0.1, -0.05) is 29.3 Å². The average molecular weight is 667 g/mol. The summed E-state index contributed by atoms with van der Waals surface area (Å²) < 4.78 is 34.7. The first-order valence-corrected chi connectivity index (χ1v) is 17.0. The van der Waals surface area contributed by atoms with Gasteiger partial charge in [-0.3, -0.25) is 13.9 Å². The fourth-order valence-corrected chi connectivity index (χ4v) is 6.53. The molecule has 3 aromatic rings. The number of hydrogen-bond donors (Lipinski definition) is 1. The molecule has 12 heteroatoms. The molecule has 0 spiro atoms. The molecule has 0 aromatic heterocycles. The van der Waals surface area contributed by atoms with E-state index >= 15 is 0 Å². The summed E-state index contributed by atoms with van der Waals surface area (Å²) in [5.74, 6) is -0.473. The van der Waals surface area contributed by atoms with Crippen molar-refractivity contribution < 1.29 is 22.7 Å². The van der Waals surface area contributed by atoms with E-state index < -0.39 is 40.0 Å². The van der Waals surface area contributed by atoms with E-state index in [2.05, 4.69) is 5.32 Å². The normalized spacial score (nSPS) is 12.4. The number of hydrogen-bond acceptors (Lipinski definition) is 6. The third kappa shape index (κ3) is 9.04. The number of amides is 2. The second-order valence-electron chi connectivity index (χ2n) is 10.8. The van der Waals surface area contributed by atoms with Crippen LogP contribution in [0.3, 0.4) is 0 Å². The molecule has 0 aliphatic carbocycles. The van der Waals surface area contributed by atoms with Crippen LogP contribution in [-0.2, 0) is 26.2 Å². The molecule has 1 N–H and O–H groups in total. The zero-order chi connectivity index (χ0) is 31.9. The van der Waals surface area contributed by atoms with Crippen molar-refractivity contribution in [2.75, 3.05) is 23.7 Å². The molecular formula is C31H37Cl2N3O5S2. The molecule has 8 nitrogen and oxygen atoms in total. The maximum Gasteiger partial charge on any atom is 0.264 e. The van der Waals surface area contributed by atoms with E-state index in [9.17, 15) is 18.0 Å². The van der Waals surface area contributed by atoms with Crippen LogP contribution in [0.15, 0.2) is 76.5 Å². The maximum absolute atomic E-state index is 14.1. The van der Waals surface area contributed by atoms with E-state index in [1.165, 1.54) is 28.8 Å². The van der Waals surface area contributed by atoms with Crippen molar-refractivity contribution in [3.8, 4) is 5.75 Å². The molecule has 0 saturated carbocycles. The van der Waals surface area contributed by atoms with Gasteiger partial charge >= 0.3 is 0 Å². The lowest BCUT2D eigenvalue weighted by Gasteiger charge is -2.34. The standard InChI is InChI=1S/C31H37Cl2N3O5S2/c1-7-41-23-13-11-22(12-14-23)36(43(39,40)25-17-15-24(42-6)16-18-25)20-29(37)35(21(2)30(38)34-31(3,4)5)19-26-27(32)9-8-10-28(26)33/h8-18,21H,7,19-20H2,1-6H3,(H,34,38)/t21-/m0/s1. The molecule has 2 amide bonds. The summed E-state index contributed by atoms with van der Waals surface area (Å²) in [6.07, 6.45) is 1.89. The van der Waals surface area contributed by atoms with E-state index in [4.69, 9.17) is 27.9 Å². The first kappa shape index (κ1) is 34.6. The molecule has 1 atom stereocenters. The zero-order valence-corrected chi connectivity index (χ0v) is 28.2. The topological polar surface area (TPSA) is 96.0 Å². The van der Waals surface area contributed by atoms with E-state index in [0.29, 0.717) is 28.0 Å². The van der Waals surface area contributed by atoms with Gasteiger partial charge in [0.2, 0.25) is 11.8 Å². The number of rotatable bonds is 12. The van der Waals surface area contributed by atoms with Crippen LogP contribution in [0.25, 0.3) is 0 Å². The van der Waals surface area contributed by atoms with Gasteiger partial charge in [-0.05, 0) is 102 Å². The van der Waals surface area contributed by atoms with Crippen LogP contribution in [0.1, 0.15) is 40.2 Å². The second-order valence-corrected chi connectivity index (χ2v) is 14.3. The largest absolute Gasteiger partial charge is 0.494 e. The lowest BCUT2D eigenvalue weighted by molar-refractivity contribution is -0.140. The molecule has 0 fully saturated rings. The summed E-state index contributed by atoms with van der Waals surface area (Å²) >= 11 is 14.4. The minimum Gasteiger partial charge on any atom is -0.494 e. The van der Waals surface area contributed by atoms with Crippen LogP contribution in [-0.4, -0.2) is 56.1 Å². The number of benzene rings is 3. The highest BCUT2D eigenvalue weighted by Gasteiger charge is 2.34. The summed E-state index contributed by atoms with van der Waals surface area (Å²) in [4.78, 5) is 29.6. The number of thioether (sulfide) groups is 1. The molecule has 0 saturated heterocycles. The van der Waals surface area contributed by atoms with E-state index in [-0.39, 0.29) is 17.1 Å². The van der Waals surface area contributed by atoms with Crippen LogP contribution in [0, 0.1) is 0 Å². The number of ether oxygens (including phenoxy) is 1. The van der Waals surface area contributed by atoms with Crippen molar-refractivity contribution in [1.82, 2.24) is 10.2 Å². The minimum atomic E-state index is -4.21. The van der Waals surface area contributed by atoms with Gasteiger partial charge < -0.3 is 15.0 Å². The van der Waals surface area contributed by atoms with Crippen LogP contribution >= 0.6 is 35.0 Å². The molecule has 0 bridgehead atoms. The molecule has 3 aromatic carbocycles. The zero-order valence-electron chi connectivity index (χ0n) is 25.1. The van der Waals surface area contributed by atoms with Gasteiger partial charge in [0.1, 0.15) is 18.3 Å². The summed E-state index contributed by atoms with van der Waals surface area (Å²) in [5.41, 5.74) is 0.133. The van der Waals surface area contributed by atoms with Gasteiger partial charge in [0, 0.05) is 32.6 Å². The molecule has 0 heterocycles. The van der Waals surface area contributed by atoms with Gasteiger partial charge in [-0.25, -0.2) is 8.42 Å². The Morgan fingerprint density at radius 1 is 0.977 bits per heavy atom. The van der Waals surface area contributed by atoms with Crippen molar-refractivity contribution in [3.63, 3.8) is 0 Å². The fourth-order valence-electron chi connectivity index (χ4n) is 4.19. The highest BCUT2D eigenvalue weighted by molar-refractivity contribution is 7.98. The fraction of sp³-hybridized carbons (Fsp3) is 0.355. The molecule has 232 valence electrons. The molecular weight excluding hydrogens is 629 g/mol. The van der Waals surface area contributed by atoms with E-state index in [1.807, 2.05) is 34.0 Å². The van der Waals surface area contributed by atoms with E-state index in [0.717, 1.165) is 9.20 Å². The summed E-state index contributed by atoms with van der Waals surface area (Å²) in [7, 11) is -4.21. The third-order valence-electron chi connectivity index (χ3n) is 6.42. The quantitative estimate of drug-likeness (QED) is 0.218. The summed E-state index contributed by atoms with van der Waals surface area (Å²) in [5, 5.41) is 3.53. The average Bonchev–Trinajstić information content (AvgIpc) is 2.95. The Hall–Kier alpha value is -2.92. The number of nitrogens with zero attached hydrogens (tertiary/aromatic N) is 2. The number of anilines is 1. The summed E-state index contributed by atoms with van der Waals surface area (Å²) in [6, 6.07) is 16.9. The smallest absolute Gasteiger partial charge is 0.264 e. The highest BCUT2D eigenvalue weighted by Crippen LogP contribution is 2.30. The number of nitrogens with one attached hydrogen (secondary N) is 1. The van der Waals surface area contributed by atoms with Crippen LogP contribution in [0.2, 0.25) is 10.0 Å². The second kappa shape index (κ2) is 14.7. The predicted octanol–water partition coefficient (Wildman–Crippen LogP) is 6.64. The number of halogens is 2. The Kier molecular flexibility index (Phi) is 11.8. The van der Waals surface area contributed by atoms with Gasteiger partial charge in [0.25, 0.3) is 10.0 Å². The van der Waals surface area contributed by atoms with Crippen LogP contribution in [0.4, 0.5) is 5.69 Å². The van der Waals surface area contributed by atoms with Crippen LogP contribution in [0.5, 0.6) is 5.75 Å². The SMILES string of the molecule is CCOc1ccc(N(CC(=O)N(Cc2c(Cl)cccc2Cl)[C@@H](C)C(=O)NC(C)(C)C)S(=O)(=O)c2ccc(SC)cc2)cc1. The van der Waals surface area contributed by atoms with E-state index in [1.54, 1.807) is 61.5 Å².